The van der Waals surface area contributed by atoms with E-state index in [0.29, 0.717) is 16.5 Å². The SMILES string of the molecule is COc1c(C(O)Cc2ccc(Cl)c(Cl)c2)ccc(C)c1C. The summed E-state index contributed by atoms with van der Waals surface area (Å²) in [4.78, 5) is 0. The van der Waals surface area contributed by atoms with E-state index in [4.69, 9.17) is 27.9 Å². The molecule has 0 bridgehead atoms. The van der Waals surface area contributed by atoms with E-state index in [-0.39, 0.29) is 0 Å². The van der Waals surface area contributed by atoms with Crippen LogP contribution in [0.1, 0.15) is 28.4 Å². The van der Waals surface area contributed by atoms with Crippen LogP contribution in [-0.4, -0.2) is 12.2 Å². The van der Waals surface area contributed by atoms with Crippen molar-refractivity contribution >= 4 is 23.2 Å². The zero-order valence-electron chi connectivity index (χ0n) is 12.3. The van der Waals surface area contributed by atoms with Gasteiger partial charge in [-0.3, -0.25) is 0 Å². The van der Waals surface area contributed by atoms with Crippen LogP contribution < -0.4 is 4.74 Å². The molecule has 0 aliphatic rings. The molecule has 0 aliphatic carbocycles. The molecule has 0 aliphatic heterocycles. The maximum Gasteiger partial charge on any atom is 0.127 e. The zero-order chi connectivity index (χ0) is 15.6. The van der Waals surface area contributed by atoms with E-state index in [0.717, 1.165) is 28.0 Å². The van der Waals surface area contributed by atoms with Crippen molar-refractivity contribution in [3.8, 4) is 5.75 Å². The van der Waals surface area contributed by atoms with E-state index in [1.165, 1.54) is 0 Å². The van der Waals surface area contributed by atoms with Crippen LogP contribution in [0.15, 0.2) is 30.3 Å². The Morgan fingerprint density at radius 2 is 1.81 bits per heavy atom. The van der Waals surface area contributed by atoms with Crippen LogP contribution in [0.3, 0.4) is 0 Å². The molecule has 0 aromatic heterocycles. The lowest BCUT2D eigenvalue weighted by atomic mass is 9.96. The monoisotopic (exact) mass is 324 g/mol. The smallest absolute Gasteiger partial charge is 0.127 e. The molecule has 1 N–H and O–H groups in total. The highest BCUT2D eigenvalue weighted by Crippen LogP contribution is 2.33. The number of rotatable bonds is 4. The molecule has 0 fully saturated rings. The zero-order valence-corrected chi connectivity index (χ0v) is 13.8. The lowest BCUT2D eigenvalue weighted by Crippen LogP contribution is -2.06. The topological polar surface area (TPSA) is 29.5 Å². The number of aryl methyl sites for hydroxylation is 1. The van der Waals surface area contributed by atoms with Gasteiger partial charge in [0.25, 0.3) is 0 Å². The third-order valence-corrected chi connectivity index (χ3v) is 4.42. The first-order valence-electron chi connectivity index (χ1n) is 6.70. The van der Waals surface area contributed by atoms with Crippen LogP contribution in [-0.2, 0) is 6.42 Å². The summed E-state index contributed by atoms with van der Waals surface area (Å²) in [6.45, 7) is 4.01. The van der Waals surface area contributed by atoms with E-state index >= 15 is 0 Å². The number of hydrogen-bond acceptors (Lipinski definition) is 2. The van der Waals surface area contributed by atoms with Crippen LogP contribution in [0.2, 0.25) is 10.0 Å². The number of hydrogen-bond donors (Lipinski definition) is 1. The number of benzene rings is 2. The predicted octanol–water partition coefficient (Wildman–Crippen LogP) is 4.89. The first-order valence-corrected chi connectivity index (χ1v) is 7.45. The van der Waals surface area contributed by atoms with Crippen molar-refractivity contribution in [2.24, 2.45) is 0 Å². The highest BCUT2D eigenvalue weighted by atomic mass is 35.5. The molecule has 0 saturated heterocycles. The van der Waals surface area contributed by atoms with Crippen LogP contribution in [0.25, 0.3) is 0 Å². The van der Waals surface area contributed by atoms with Crippen molar-refractivity contribution < 1.29 is 9.84 Å². The van der Waals surface area contributed by atoms with Gasteiger partial charge in [-0.05, 0) is 42.7 Å². The number of ether oxygens (including phenoxy) is 1. The molecule has 21 heavy (non-hydrogen) atoms. The molecule has 4 heteroatoms. The average molecular weight is 325 g/mol. The van der Waals surface area contributed by atoms with E-state index in [2.05, 4.69) is 0 Å². The summed E-state index contributed by atoms with van der Waals surface area (Å²) in [6.07, 6.45) is -0.202. The quantitative estimate of drug-likeness (QED) is 0.867. The molecule has 0 heterocycles. The third kappa shape index (κ3) is 3.52. The van der Waals surface area contributed by atoms with Gasteiger partial charge < -0.3 is 9.84 Å². The molecule has 2 nitrogen and oxygen atoms in total. The minimum absolute atomic E-state index is 0.454. The first kappa shape index (κ1) is 16.2. The fraction of sp³-hybridized carbons (Fsp3) is 0.294. The van der Waals surface area contributed by atoms with E-state index < -0.39 is 6.10 Å². The lowest BCUT2D eigenvalue weighted by molar-refractivity contribution is 0.174. The summed E-state index contributed by atoms with van der Waals surface area (Å²) in [6, 6.07) is 9.28. The molecule has 1 atom stereocenters. The van der Waals surface area contributed by atoms with Crippen LogP contribution >= 0.6 is 23.2 Å². The van der Waals surface area contributed by atoms with Gasteiger partial charge in [-0.1, -0.05) is 41.4 Å². The summed E-state index contributed by atoms with van der Waals surface area (Å²) < 4.78 is 5.45. The summed E-state index contributed by atoms with van der Waals surface area (Å²) in [5.74, 6) is 0.738. The van der Waals surface area contributed by atoms with Crippen molar-refractivity contribution in [2.75, 3.05) is 7.11 Å². The molecule has 0 spiro atoms. The predicted molar refractivity (Wildman–Crippen MR) is 87.6 cm³/mol. The van der Waals surface area contributed by atoms with Crippen LogP contribution in [0.5, 0.6) is 5.75 Å². The largest absolute Gasteiger partial charge is 0.496 e. The lowest BCUT2D eigenvalue weighted by Gasteiger charge is -2.18. The van der Waals surface area contributed by atoms with Crippen molar-refractivity contribution in [2.45, 2.75) is 26.4 Å². The number of methoxy groups -OCH3 is 1. The van der Waals surface area contributed by atoms with Gasteiger partial charge in [0.1, 0.15) is 5.75 Å². The van der Waals surface area contributed by atoms with Gasteiger partial charge in [-0.2, -0.15) is 0 Å². The normalized spacial score (nSPS) is 12.3. The molecule has 0 saturated carbocycles. The van der Waals surface area contributed by atoms with Gasteiger partial charge in [0, 0.05) is 12.0 Å². The van der Waals surface area contributed by atoms with Crippen molar-refractivity contribution in [3.63, 3.8) is 0 Å². The molecule has 0 amide bonds. The highest BCUT2D eigenvalue weighted by Gasteiger charge is 2.17. The van der Waals surface area contributed by atoms with Gasteiger partial charge in [0.15, 0.2) is 0 Å². The Labute approximate surface area is 135 Å². The molecular formula is C17H18Cl2O2. The highest BCUT2D eigenvalue weighted by molar-refractivity contribution is 6.42. The first-order chi connectivity index (χ1) is 9.93. The Balaban J connectivity index is 2.30. The van der Waals surface area contributed by atoms with Gasteiger partial charge in [-0.25, -0.2) is 0 Å². The molecule has 2 rings (SSSR count). The van der Waals surface area contributed by atoms with Crippen molar-refractivity contribution in [1.29, 1.82) is 0 Å². The standard InChI is InChI=1S/C17H18Cl2O2/c1-10-4-6-13(17(21-3)11(10)2)16(20)9-12-5-7-14(18)15(19)8-12/h4-8,16,20H,9H2,1-3H3. The van der Waals surface area contributed by atoms with E-state index in [1.54, 1.807) is 19.2 Å². The maximum absolute atomic E-state index is 10.5. The Morgan fingerprint density at radius 3 is 2.43 bits per heavy atom. The molecule has 0 radical (unpaired) electrons. The summed E-state index contributed by atoms with van der Waals surface area (Å²) in [5.41, 5.74) is 3.89. The molecule has 1 unspecified atom stereocenters. The van der Waals surface area contributed by atoms with E-state index in [9.17, 15) is 5.11 Å². The third-order valence-electron chi connectivity index (χ3n) is 3.68. The Morgan fingerprint density at radius 1 is 1.10 bits per heavy atom. The maximum atomic E-state index is 10.5. The molecular weight excluding hydrogens is 307 g/mol. The van der Waals surface area contributed by atoms with Crippen molar-refractivity contribution in [1.82, 2.24) is 0 Å². The average Bonchev–Trinajstić information content (AvgIpc) is 2.45. The Kier molecular flexibility index (Phi) is 5.15. The van der Waals surface area contributed by atoms with Gasteiger partial charge in [0.2, 0.25) is 0 Å². The van der Waals surface area contributed by atoms with Crippen LogP contribution in [0, 0.1) is 13.8 Å². The number of halogens is 2. The van der Waals surface area contributed by atoms with Crippen molar-refractivity contribution in [3.05, 3.63) is 62.6 Å². The fourth-order valence-electron chi connectivity index (χ4n) is 2.34. The second-order valence-electron chi connectivity index (χ2n) is 5.10. The minimum atomic E-state index is -0.656. The summed E-state index contributed by atoms with van der Waals surface area (Å²) >= 11 is 11.9. The number of aliphatic hydroxyl groups excluding tert-OH is 1. The second kappa shape index (κ2) is 6.69. The summed E-state index contributed by atoms with van der Waals surface area (Å²) in [7, 11) is 1.62. The van der Waals surface area contributed by atoms with Gasteiger partial charge in [0.05, 0.1) is 23.3 Å². The van der Waals surface area contributed by atoms with E-state index in [1.807, 2.05) is 32.0 Å². The Hall–Kier alpha value is -1.22. The number of aliphatic hydroxyl groups is 1. The molecule has 2 aromatic carbocycles. The fourth-order valence-corrected chi connectivity index (χ4v) is 2.66. The summed E-state index contributed by atoms with van der Waals surface area (Å²) in [5, 5.41) is 11.5. The second-order valence-corrected chi connectivity index (χ2v) is 5.91. The Bertz CT molecular complexity index is 653. The minimum Gasteiger partial charge on any atom is -0.496 e. The van der Waals surface area contributed by atoms with Gasteiger partial charge >= 0.3 is 0 Å². The van der Waals surface area contributed by atoms with Gasteiger partial charge in [-0.15, -0.1) is 0 Å². The molecule has 2 aromatic rings. The van der Waals surface area contributed by atoms with Crippen LogP contribution in [0.4, 0.5) is 0 Å². The molecule has 112 valence electrons.